The van der Waals surface area contributed by atoms with Crippen LogP contribution in [0.3, 0.4) is 0 Å². The minimum atomic E-state index is -3.07. The molecule has 1 aliphatic rings. The van der Waals surface area contributed by atoms with Crippen LogP contribution in [0.2, 0.25) is 5.15 Å². The fraction of sp³-hybridized carbons (Fsp3) is 0.389. The number of thiophene rings is 1. The second kappa shape index (κ2) is 9.10. The van der Waals surface area contributed by atoms with Gasteiger partial charge in [-0.15, -0.1) is 11.3 Å². The zero-order chi connectivity index (χ0) is 21.0. The number of nitrogens with zero attached hydrogens (tertiary/aromatic N) is 2. The molecule has 2 aromatic heterocycles. The molecule has 0 radical (unpaired) electrons. The van der Waals surface area contributed by atoms with Gasteiger partial charge in [0.1, 0.15) is 5.15 Å². The van der Waals surface area contributed by atoms with Crippen molar-refractivity contribution in [3.63, 3.8) is 0 Å². The highest BCUT2D eigenvalue weighted by Gasteiger charge is 2.31. The first-order valence-electron chi connectivity index (χ1n) is 8.84. The summed E-state index contributed by atoms with van der Waals surface area (Å²) in [6.45, 7) is 1.71. The second-order valence-electron chi connectivity index (χ2n) is 6.59. The lowest BCUT2D eigenvalue weighted by Gasteiger charge is -2.09. The van der Waals surface area contributed by atoms with Crippen molar-refractivity contribution in [1.82, 2.24) is 15.1 Å². The van der Waals surface area contributed by atoms with Crippen molar-refractivity contribution in [3.05, 3.63) is 44.9 Å². The van der Waals surface area contributed by atoms with Gasteiger partial charge in [0.25, 0.3) is 5.91 Å². The van der Waals surface area contributed by atoms with Gasteiger partial charge in [-0.3, -0.25) is 4.79 Å². The van der Waals surface area contributed by atoms with Crippen molar-refractivity contribution < 1.29 is 22.7 Å². The topological polar surface area (TPSA) is 107 Å². The second-order valence-corrected chi connectivity index (χ2v) is 10.2. The summed E-state index contributed by atoms with van der Waals surface area (Å²) in [6.07, 6.45) is 3.07. The number of ether oxygens (including phenoxy) is 1. The maximum Gasteiger partial charge on any atom is 0.331 e. The normalized spacial score (nSPS) is 18.2. The Morgan fingerprint density at radius 3 is 2.93 bits per heavy atom. The third-order valence-corrected chi connectivity index (χ3v) is 7.40. The Balaban J connectivity index is 1.54. The summed E-state index contributed by atoms with van der Waals surface area (Å²) in [4.78, 5) is 24.6. The summed E-state index contributed by atoms with van der Waals surface area (Å²) in [7, 11) is -3.07. The molecule has 3 heterocycles. The smallest absolute Gasteiger partial charge is 0.331 e. The number of rotatable bonds is 7. The Bertz CT molecular complexity index is 1030. The van der Waals surface area contributed by atoms with Gasteiger partial charge in [-0.2, -0.15) is 5.10 Å². The standard InChI is InChI=1S/C18H20ClN3O5S2/c1-12-15(18(19)22(21-12)13-6-8-29(25,26)11-13)4-5-17(24)27-10-16(23)20-9-14-3-2-7-28-14/h2-5,7,13H,6,8-11H2,1H3,(H,20,23). The summed E-state index contributed by atoms with van der Waals surface area (Å²) in [5, 5.41) is 9.15. The fourth-order valence-corrected chi connectivity index (χ4v) is 5.63. The van der Waals surface area contributed by atoms with E-state index in [9.17, 15) is 18.0 Å². The van der Waals surface area contributed by atoms with Gasteiger partial charge in [-0.25, -0.2) is 17.9 Å². The number of amides is 1. The zero-order valence-corrected chi connectivity index (χ0v) is 18.0. The van der Waals surface area contributed by atoms with Crippen LogP contribution < -0.4 is 5.32 Å². The highest BCUT2D eigenvalue weighted by molar-refractivity contribution is 7.91. The molecule has 0 bridgehead atoms. The van der Waals surface area contributed by atoms with E-state index in [1.165, 1.54) is 22.1 Å². The lowest BCUT2D eigenvalue weighted by Crippen LogP contribution is -2.27. The quantitative estimate of drug-likeness (QED) is 0.504. The molecule has 8 nitrogen and oxygen atoms in total. The van der Waals surface area contributed by atoms with Crippen LogP contribution in [0.1, 0.15) is 28.6 Å². The van der Waals surface area contributed by atoms with E-state index in [-0.39, 0.29) is 29.3 Å². The number of esters is 1. The summed E-state index contributed by atoms with van der Waals surface area (Å²) in [5.74, 6) is -0.981. The first kappa shape index (κ1) is 21.5. The molecule has 1 N–H and O–H groups in total. The number of hydrogen-bond donors (Lipinski definition) is 1. The molecule has 2 aromatic rings. The number of halogens is 1. The van der Waals surface area contributed by atoms with Gasteiger partial charge >= 0.3 is 5.97 Å². The van der Waals surface area contributed by atoms with Crippen molar-refractivity contribution in [2.24, 2.45) is 0 Å². The Hall–Kier alpha value is -2.17. The zero-order valence-electron chi connectivity index (χ0n) is 15.6. The highest BCUT2D eigenvalue weighted by atomic mass is 35.5. The van der Waals surface area contributed by atoms with Gasteiger partial charge in [0.15, 0.2) is 16.4 Å². The Kier molecular flexibility index (Phi) is 6.76. The lowest BCUT2D eigenvalue weighted by molar-refractivity contribution is -0.143. The predicted octanol–water partition coefficient (Wildman–Crippen LogP) is 2.14. The number of carbonyl (C=O) groups excluding carboxylic acids is 2. The molecule has 11 heteroatoms. The van der Waals surface area contributed by atoms with E-state index >= 15 is 0 Å². The number of aryl methyl sites for hydroxylation is 1. The van der Waals surface area contributed by atoms with Gasteiger partial charge in [0, 0.05) is 16.5 Å². The molecule has 1 unspecified atom stereocenters. The Labute approximate surface area is 177 Å². The van der Waals surface area contributed by atoms with Crippen LogP contribution in [0.4, 0.5) is 0 Å². The van der Waals surface area contributed by atoms with Crippen LogP contribution in [0, 0.1) is 6.92 Å². The van der Waals surface area contributed by atoms with Crippen molar-refractivity contribution in [1.29, 1.82) is 0 Å². The molecule has 156 valence electrons. The van der Waals surface area contributed by atoms with Gasteiger partial charge in [-0.05, 0) is 30.9 Å². The number of aromatic nitrogens is 2. The molecule has 1 fully saturated rings. The van der Waals surface area contributed by atoms with Crippen molar-refractivity contribution in [3.8, 4) is 0 Å². The Morgan fingerprint density at radius 1 is 1.48 bits per heavy atom. The molecular formula is C18H20ClN3O5S2. The van der Waals surface area contributed by atoms with Gasteiger partial charge in [0.05, 0.1) is 29.8 Å². The maximum atomic E-state index is 11.9. The minimum absolute atomic E-state index is 0.000377. The largest absolute Gasteiger partial charge is 0.452 e. The third-order valence-electron chi connectivity index (χ3n) is 4.40. The van der Waals surface area contributed by atoms with Crippen molar-refractivity contribution in [2.75, 3.05) is 18.1 Å². The summed E-state index contributed by atoms with van der Waals surface area (Å²) in [6, 6.07) is 3.47. The first-order valence-corrected chi connectivity index (χ1v) is 11.9. The summed E-state index contributed by atoms with van der Waals surface area (Å²) in [5.41, 5.74) is 1.08. The number of carbonyl (C=O) groups is 2. The van der Waals surface area contributed by atoms with Crippen LogP contribution in [0.15, 0.2) is 23.6 Å². The molecule has 0 spiro atoms. The average Bonchev–Trinajstić information content (AvgIpc) is 3.37. The van der Waals surface area contributed by atoms with E-state index in [0.29, 0.717) is 24.2 Å². The van der Waals surface area contributed by atoms with Gasteiger partial charge < -0.3 is 10.1 Å². The van der Waals surface area contributed by atoms with Crippen LogP contribution in [-0.4, -0.2) is 48.2 Å². The summed E-state index contributed by atoms with van der Waals surface area (Å²) < 4.78 is 29.8. The Morgan fingerprint density at radius 2 is 2.28 bits per heavy atom. The number of hydrogen-bond acceptors (Lipinski definition) is 7. The molecule has 1 aliphatic heterocycles. The monoisotopic (exact) mass is 457 g/mol. The van der Waals surface area contributed by atoms with E-state index in [4.69, 9.17) is 16.3 Å². The van der Waals surface area contributed by atoms with Gasteiger partial charge in [0.2, 0.25) is 0 Å². The molecule has 0 aromatic carbocycles. The maximum absolute atomic E-state index is 11.9. The van der Waals surface area contributed by atoms with E-state index in [1.807, 2.05) is 17.5 Å². The minimum Gasteiger partial charge on any atom is -0.452 e. The van der Waals surface area contributed by atoms with Crippen LogP contribution in [0.5, 0.6) is 0 Å². The molecule has 3 rings (SSSR count). The molecule has 0 saturated carbocycles. The average molecular weight is 458 g/mol. The molecule has 1 atom stereocenters. The fourth-order valence-electron chi connectivity index (χ4n) is 2.92. The highest BCUT2D eigenvalue weighted by Crippen LogP contribution is 2.30. The molecule has 1 saturated heterocycles. The molecule has 0 aliphatic carbocycles. The SMILES string of the molecule is Cc1nn(C2CCS(=O)(=O)C2)c(Cl)c1C=CC(=O)OCC(=O)NCc1cccs1. The molecular weight excluding hydrogens is 438 g/mol. The van der Waals surface area contributed by atoms with E-state index in [1.54, 1.807) is 6.92 Å². The lowest BCUT2D eigenvalue weighted by atomic mass is 10.2. The molecule has 29 heavy (non-hydrogen) atoms. The van der Waals surface area contributed by atoms with Gasteiger partial charge in [-0.1, -0.05) is 17.7 Å². The first-order chi connectivity index (χ1) is 13.7. The summed E-state index contributed by atoms with van der Waals surface area (Å²) >= 11 is 7.86. The number of nitrogens with one attached hydrogen (secondary N) is 1. The molecule has 1 amide bonds. The van der Waals surface area contributed by atoms with E-state index < -0.39 is 21.7 Å². The van der Waals surface area contributed by atoms with Crippen molar-refractivity contribution >= 4 is 50.7 Å². The van der Waals surface area contributed by atoms with E-state index in [2.05, 4.69) is 10.4 Å². The van der Waals surface area contributed by atoms with Crippen LogP contribution in [0.25, 0.3) is 6.08 Å². The third kappa shape index (κ3) is 5.68. The van der Waals surface area contributed by atoms with E-state index in [0.717, 1.165) is 11.0 Å². The van der Waals surface area contributed by atoms with Crippen LogP contribution in [-0.2, 0) is 30.7 Å². The predicted molar refractivity (Wildman–Crippen MR) is 110 cm³/mol. The number of sulfone groups is 1. The van der Waals surface area contributed by atoms with Crippen LogP contribution >= 0.6 is 22.9 Å². The van der Waals surface area contributed by atoms with Crippen molar-refractivity contribution in [2.45, 2.75) is 25.9 Å².